The highest BCUT2D eigenvalue weighted by Gasteiger charge is 2.39. The van der Waals surface area contributed by atoms with Crippen LogP contribution in [-0.4, -0.2) is 46.6 Å². The third-order valence-corrected chi connectivity index (χ3v) is 7.06. The second-order valence-corrected chi connectivity index (χ2v) is 9.93. The van der Waals surface area contributed by atoms with Gasteiger partial charge in [-0.3, -0.25) is 14.9 Å². The van der Waals surface area contributed by atoms with Gasteiger partial charge in [0.1, 0.15) is 0 Å². The Bertz CT molecular complexity index is 1520. The summed E-state index contributed by atoms with van der Waals surface area (Å²) in [6.07, 6.45) is -0.147. The molecule has 11 heteroatoms. The lowest BCUT2D eigenvalue weighted by molar-refractivity contribution is -0.384. The first-order valence-electron chi connectivity index (χ1n) is 13.8. The molecule has 11 nitrogen and oxygen atoms in total. The van der Waals surface area contributed by atoms with Crippen LogP contribution in [0.15, 0.2) is 101 Å². The molecule has 3 aromatic rings. The standard InChI is InChI=1S/C32H33N5O6/c1-4-43-31(39)29-21(2)33-32(40)36(30(29)25-16-11-17-26(20-25)37(41)42)19-18-27(38)35-34-22(3)28(23-12-7-5-8-13-23)24-14-9-6-10-15-24/h5-17,20,28,30H,4,18-19H2,1-3H3,(H,33,40)(H,35,38)/b34-22-. The zero-order chi connectivity index (χ0) is 30.9. The zero-order valence-corrected chi connectivity index (χ0v) is 24.2. The number of carbonyl (C=O) groups excluding carboxylic acids is 3. The highest BCUT2D eigenvalue weighted by atomic mass is 16.6. The number of allylic oxidation sites excluding steroid dienone is 1. The maximum Gasteiger partial charge on any atom is 0.338 e. The summed E-state index contributed by atoms with van der Waals surface area (Å²) in [5.74, 6) is -1.30. The van der Waals surface area contributed by atoms with Crippen molar-refractivity contribution in [2.45, 2.75) is 39.2 Å². The highest BCUT2D eigenvalue weighted by Crippen LogP contribution is 2.36. The number of nitrogens with one attached hydrogen (secondary N) is 2. The number of carbonyl (C=O) groups is 3. The minimum Gasteiger partial charge on any atom is -0.463 e. The van der Waals surface area contributed by atoms with Gasteiger partial charge in [0.25, 0.3) is 5.69 Å². The van der Waals surface area contributed by atoms with Crippen molar-refractivity contribution in [3.63, 3.8) is 0 Å². The number of urea groups is 1. The Kier molecular flexibility index (Phi) is 10.00. The summed E-state index contributed by atoms with van der Waals surface area (Å²) in [7, 11) is 0. The van der Waals surface area contributed by atoms with Crippen LogP contribution in [0, 0.1) is 10.1 Å². The van der Waals surface area contributed by atoms with E-state index in [2.05, 4.69) is 15.8 Å². The van der Waals surface area contributed by atoms with Crippen LogP contribution in [0.4, 0.5) is 10.5 Å². The fraction of sp³-hybridized carbons (Fsp3) is 0.250. The number of rotatable bonds is 11. The first-order valence-corrected chi connectivity index (χ1v) is 13.8. The molecule has 3 amide bonds. The Hall–Kier alpha value is -5.32. The van der Waals surface area contributed by atoms with Crippen LogP contribution in [0.2, 0.25) is 0 Å². The third-order valence-electron chi connectivity index (χ3n) is 7.06. The fourth-order valence-corrected chi connectivity index (χ4v) is 5.10. The van der Waals surface area contributed by atoms with Crippen molar-refractivity contribution in [2.24, 2.45) is 5.10 Å². The quantitative estimate of drug-likeness (QED) is 0.137. The molecule has 0 aromatic heterocycles. The lowest BCUT2D eigenvalue weighted by Crippen LogP contribution is -2.49. The van der Waals surface area contributed by atoms with Gasteiger partial charge in [0.2, 0.25) is 5.91 Å². The highest BCUT2D eigenvalue weighted by molar-refractivity contribution is 5.95. The number of nitro groups is 1. The molecule has 1 atom stereocenters. The van der Waals surface area contributed by atoms with Crippen LogP contribution >= 0.6 is 0 Å². The van der Waals surface area contributed by atoms with E-state index in [0.29, 0.717) is 11.3 Å². The average molecular weight is 584 g/mol. The largest absolute Gasteiger partial charge is 0.463 e. The van der Waals surface area contributed by atoms with Gasteiger partial charge in [-0.15, -0.1) is 0 Å². The van der Waals surface area contributed by atoms with Crippen LogP contribution < -0.4 is 10.7 Å². The molecule has 0 bridgehead atoms. The van der Waals surface area contributed by atoms with Gasteiger partial charge >= 0.3 is 12.0 Å². The molecule has 4 rings (SSSR count). The molecule has 0 saturated carbocycles. The van der Waals surface area contributed by atoms with E-state index in [9.17, 15) is 24.5 Å². The fourth-order valence-electron chi connectivity index (χ4n) is 5.10. The van der Waals surface area contributed by atoms with E-state index in [0.717, 1.165) is 11.1 Å². The van der Waals surface area contributed by atoms with Gasteiger partial charge in [-0.2, -0.15) is 5.10 Å². The Balaban J connectivity index is 1.57. The van der Waals surface area contributed by atoms with Crippen molar-refractivity contribution in [2.75, 3.05) is 13.2 Å². The van der Waals surface area contributed by atoms with Crippen molar-refractivity contribution < 1.29 is 24.0 Å². The lowest BCUT2D eigenvalue weighted by atomic mass is 9.88. The Morgan fingerprint density at radius 3 is 2.26 bits per heavy atom. The molecule has 0 saturated heterocycles. The number of hydrogen-bond donors (Lipinski definition) is 2. The van der Waals surface area contributed by atoms with Gasteiger partial charge in [0, 0.05) is 42.4 Å². The number of amides is 3. The molecule has 2 N–H and O–H groups in total. The van der Waals surface area contributed by atoms with E-state index in [1.807, 2.05) is 67.6 Å². The summed E-state index contributed by atoms with van der Waals surface area (Å²) in [6.45, 7) is 5.04. The van der Waals surface area contributed by atoms with Gasteiger partial charge < -0.3 is 15.0 Å². The van der Waals surface area contributed by atoms with Gasteiger partial charge in [-0.1, -0.05) is 72.8 Å². The first kappa shape index (κ1) is 30.6. The van der Waals surface area contributed by atoms with Crippen molar-refractivity contribution >= 4 is 29.3 Å². The van der Waals surface area contributed by atoms with Crippen LogP contribution in [-0.2, 0) is 14.3 Å². The summed E-state index contributed by atoms with van der Waals surface area (Å²) in [6, 6.07) is 23.8. The molecule has 0 spiro atoms. The third kappa shape index (κ3) is 7.31. The summed E-state index contributed by atoms with van der Waals surface area (Å²) in [5.41, 5.74) is 5.84. The number of esters is 1. The van der Waals surface area contributed by atoms with E-state index in [1.165, 1.54) is 23.1 Å². The molecule has 43 heavy (non-hydrogen) atoms. The predicted octanol–water partition coefficient (Wildman–Crippen LogP) is 5.21. The maximum atomic E-state index is 13.2. The molecule has 1 unspecified atom stereocenters. The Morgan fingerprint density at radius 2 is 1.67 bits per heavy atom. The number of nitro benzene ring substituents is 1. The molecule has 222 valence electrons. The molecule has 1 aliphatic heterocycles. The van der Waals surface area contributed by atoms with Gasteiger partial charge in [0.05, 0.1) is 23.1 Å². The monoisotopic (exact) mass is 583 g/mol. The maximum absolute atomic E-state index is 13.2. The molecular weight excluding hydrogens is 550 g/mol. The normalized spacial score (nSPS) is 15.3. The second kappa shape index (κ2) is 14.0. The first-order chi connectivity index (χ1) is 20.7. The molecule has 0 radical (unpaired) electrons. The Labute approximate surface area is 249 Å². The second-order valence-electron chi connectivity index (χ2n) is 9.93. The minimum absolute atomic E-state index is 0.0952. The van der Waals surface area contributed by atoms with E-state index in [4.69, 9.17) is 4.74 Å². The molecule has 1 heterocycles. The smallest absolute Gasteiger partial charge is 0.338 e. The predicted molar refractivity (Wildman–Crippen MR) is 161 cm³/mol. The van der Waals surface area contributed by atoms with Crippen LogP contribution in [0.5, 0.6) is 0 Å². The number of hydrazone groups is 1. The average Bonchev–Trinajstić information content (AvgIpc) is 3.00. The molecule has 0 aliphatic carbocycles. The van der Waals surface area contributed by atoms with Crippen LogP contribution in [0.1, 0.15) is 55.8 Å². The lowest BCUT2D eigenvalue weighted by Gasteiger charge is -2.37. The molecule has 3 aromatic carbocycles. The minimum atomic E-state index is -1.01. The summed E-state index contributed by atoms with van der Waals surface area (Å²) in [4.78, 5) is 51.4. The van der Waals surface area contributed by atoms with Gasteiger partial charge in [-0.05, 0) is 37.5 Å². The van der Waals surface area contributed by atoms with Crippen molar-refractivity contribution in [3.05, 3.63) is 123 Å². The van der Waals surface area contributed by atoms with Crippen molar-refractivity contribution in [1.82, 2.24) is 15.6 Å². The van der Waals surface area contributed by atoms with Crippen LogP contribution in [0.25, 0.3) is 0 Å². The molecule has 0 fully saturated rings. The number of non-ortho nitro benzene ring substituents is 1. The molecule has 1 aliphatic rings. The van der Waals surface area contributed by atoms with Crippen molar-refractivity contribution in [3.8, 4) is 0 Å². The van der Waals surface area contributed by atoms with E-state index in [-0.39, 0.29) is 42.4 Å². The zero-order valence-electron chi connectivity index (χ0n) is 24.2. The summed E-state index contributed by atoms with van der Waals surface area (Å²) in [5, 5.41) is 18.5. The number of hydrogen-bond acceptors (Lipinski definition) is 7. The van der Waals surface area contributed by atoms with Gasteiger partial charge in [-0.25, -0.2) is 15.0 Å². The van der Waals surface area contributed by atoms with E-state index >= 15 is 0 Å². The number of benzene rings is 3. The van der Waals surface area contributed by atoms with Gasteiger partial charge in [0.15, 0.2) is 0 Å². The number of nitrogens with zero attached hydrogens (tertiary/aromatic N) is 3. The SMILES string of the molecule is CCOC(=O)C1=C(C)NC(=O)N(CCC(=O)N/N=C(/C)C(c2ccccc2)c2ccccc2)C1c1cccc([N+](=O)[O-])c1. The van der Waals surface area contributed by atoms with E-state index in [1.54, 1.807) is 19.9 Å². The van der Waals surface area contributed by atoms with Crippen LogP contribution in [0.3, 0.4) is 0 Å². The molecular formula is C32H33N5O6. The van der Waals surface area contributed by atoms with E-state index < -0.39 is 28.9 Å². The van der Waals surface area contributed by atoms with Crippen molar-refractivity contribution in [1.29, 1.82) is 0 Å². The summed E-state index contributed by atoms with van der Waals surface area (Å²) < 4.78 is 5.24. The summed E-state index contributed by atoms with van der Waals surface area (Å²) >= 11 is 0. The number of ether oxygens (including phenoxy) is 1. The Morgan fingerprint density at radius 1 is 1.05 bits per heavy atom. The topological polar surface area (TPSA) is 143 Å².